The summed E-state index contributed by atoms with van der Waals surface area (Å²) in [5, 5.41) is 14.8. The summed E-state index contributed by atoms with van der Waals surface area (Å²) in [6, 6.07) is 18.7. The van der Waals surface area contributed by atoms with E-state index in [9.17, 15) is 9.18 Å². The second-order valence-electron chi connectivity index (χ2n) is 6.59. The minimum absolute atomic E-state index is 0.0186. The molecule has 0 fully saturated rings. The molecule has 0 saturated heterocycles. The number of hydrogen-bond donors (Lipinski definition) is 3. The maximum atomic E-state index is 13.2. The molecule has 0 radical (unpaired) electrons. The highest BCUT2D eigenvalue weighted by Gasteiger charge is 2.18. The minimum atomic E-state index is -0.305. The number of aliphatic imine (C=N–C) groups is 1. The van der Waals surface area contributed by atoms with Crippen molar-refractivity contribution in [3.8, 4) is 11.1 Å². The number of nitrogens with one attached hydrogen (secondary N) is 1. The Kier molecular flexibility index (Phi) is 4.78. The Morgan fingerprint density at radius 1 is 1.03 bits per heavy atom. The zero-order valence-electron chi connectivity index (χ0n) is 15.3. The summed E-state index contributed by atoms with van der Waals surface area (Å²) >= 11 is 0. The molecule has 1 aliphatic heterocycles. The molecular weight excluding hydrogens is 371 g/mol. The van der Waals surface area contributed by atoms with E-state index in [0.717, 1.165) is 11.1 Å². The monoisotopic (exact) mass is 388 g/mol. The van der Waals surface area contributed by atoms with E-state index < -0.39 is 0 Å². The molecule has 4 N–H and O–H groups in total. The highest BCUT2D eigenvalue weighted by atomic mass is 19.1. The van der Waals surface area contributed by atoms with Crippen molar-refractivity contribution in [3.05, 3.63) is 83.7 Å². The van der Waals surface area contributed by atoms with E-state index in [1.807, 2.05) is 24.3 Å². The lowest BCUT2D eigenvalue weighted by Crippen LogP contribution is -2.16. The lowest BCUT2D eigenvalue weighted by atomic mass is 10.0. The molecular formula is C22H17FN4O2. The van der Waals surface area contributed by atoms with Gasteiger partial charge < -0.3 is 16.3 Å². The van der Waals surface area contributed by atoms with Gasteiger partial charge in [-0.15, -0.1) is 0 Å². The third-order valence-corrected chi connectivity index (χ3v) is 4.63. The summed E-state index contributed by atoms with van der Waals surface area (Å²) in [5.41, 5.74) is 10.4. The van der Waals surface area contributed by atoms with Crippen molar-refractivity contribution in [2.75, 3.05) is 5.32 Å². The Bertz CT molecular complexity index is 1150. The van der Waals surface area contributed by atoms with Crippen LogP contribution < -0.4 is 11.1 Å². The van der Waals surface area contributed by atoms with Gasteiger partial charge in [-0.3, -0.25) is 9.79 Å². The van der Waals surface area contributed by atoms with E-state index >= 15 is 0 Å². The molecule has 0 aliphatic carbocycles. The number of nitrogens with two attached hydrogens (primary N) is 1. The molecule has 6 nitrogen and oxygen atoms in total. The second-order valence-corrected chi connectivity index (χ2v) is 6.59. The van der Waals surface area contributed by atoms with Gasteiger partial charge in [-0.05, 0) is 47.0 Å². The summed E-state index contributed by atoms with van der Waals surface area (Å²) in [7, 11) is 0. The van der Waals surface area contributed by atoms with Crippen LogP contribution in [0.1, 0.15) is 17.5 Å². The summed E-state index contributed by atoms with van der Waals surface area (Å²) < 4.78 is 13.2. The first-order chi connectivity index (χ1) is 14.0. The van der Waals surface area contributed by atoms with Crippen LogP contribution >= 0.6 is 0 Å². The molecule has 4 rings (SSSR count). The third-order valence-electron chi connectivity index (χ3n) is 4.63. The van der Waals surface area contributed by atoms with Crippen LogP contribution in [0.5, 0.6) is 0 Å². The maximum absolute atomic E-state index is 13.2. The van der Waals surface area contributed by atoms with E-state index in [2.05, 4.69) is 15.5 Å². The Hall–Kier alpha value is -4.00. The van der Waals surface area contributed by atoms with Gasteiger partial charge in [0.2, 0.25) is 5.91 Å². The first-order valence-corrected chi connectivity index (χ1v) is 8.89. The molecule has 1 heterocycles. The van der Waals surface area contributed by atoms with Crippen molar-refractivity contribution in [2.45, 2.75) is 6.42 Å². The number of nitrogens with zero attached hydrogens (tertiary/aromatic N) is 2. The largest absolute Gasteiger partial charge is 0.409 e. The number of amides is 1. The fraction of sp³-hybridized carbons (Fsp3) is 0.0455. The number of carbonyl (C=O) groups excluding carboxylic acids is 1. The zero-order chi connectivity index (χ0) is 20.4. The number of benzene rings is 3. The van der Waals surface area contributed by atoms with Gasteiger partial charge >= 0.3 is 0 Å². The van der Waals surface area contributed by atoms with E-state index in [1.54, 1.807) is 30.3 Å². The summed E-state index contributed by atoms with van der Waals surface area (Å²) in [4.78, 5) is 17.1. The van der Waals surface area contributed by atoms with Gasteiger partial charge in [-0.1, -0.05) is 41.6 Å². The van der Waals surface area contributed by atoms with Crippen LogP contribution in [0.2, 0.25) is 0 Å². The minimum Gasteiger partial charge on any atom is -0.409 e. The first-order valence-electron chi connectivity index (χ1n) is 8.89. The number of anilines is 1. The Labute approximate surface area is 166 Å². The summed E-state index contributed by atoms with van der Waals surface area (Å²) in [6.45, 7) is 0. The molecule has 0 saturated carbocycles. The standard InChI is InChI=1S/C22H17FN4O2/c23-17-7-4-13(5-8-17)14-6-9-18-20(11-14)26-21(28)12-19(25-18)15-2-1-3-16(10-15)22(24)27-29/h1-11,29H,12H2,(H2,24,27)(H,26,28). The highest BCUT2D eigenvalue weighted by molar-refractivity contribution is 6.17. The molecule has 0 atom stereocenters. The van der Waals surface area contributed by atoms with Gasteiger partial charge in [0.05, 0.1) is 23.5 Å². The van der Waals surface area contributed by atoms with Crippen LogP contribution in [0.3, 0.4) is 0 Å². The smallest absolute Gasteiger partial charge is 0.230 e. The Morgan fingerprint density at radius 2 is 1.79 bits per heavy atom. The van der Waals surface area contributed by atoms with E-state index in [0.29, 0.717) is 28.2 Å². The maximum Gasteiger partial charge on any atom is 0.230 e. The average Bonchev–Trinajstić information content (AvgIpc) is 2.91. The first kappa shape index (κ1) is 18.4. The van der Waals surface area contributed by atoms with Crippen LogP contribution in [0.25, 0.3) is 11.1 Å². The number of amidine groups is 1. The molecule has 3 aromatic rings. The number of hydrogen-bond acceptors (Lipinski definition) is 4. The molecule has 29 heavy (non-hydrogen) atoms. The van der Waals surface area contributed by atoms with Crippen molar-refractivity contribution < 1.29 is 14.4 Å². The van der Waals surface area contributed by atoms with E-state index in [4.69, 9.17) is 10.9 Å². The normalized spacial score (nSPS) is 13.9. The quantitative estimate of drug-likeness (QED) is 0.273. The molecule has 0 spiro atoms. The van der Waals surface area contributed by atoms with E-state index in [-0.39, 0.29) is 24.0 Å². The highest BCUT2D eigenvalue weighted by Crippen LogP contribution is 2.33. The van der Waals surface area contributed by atoms with Gasteiger partial charge in [0.25, 0.3) is 0 Å². The van der Waals surface area contributed by atoms with E-state index in [1.165, 1.54) is 12.1 Å². The van der Waals surface area contributed by atoms with Crippen LogP contribution in [-0.2, 0) is 4.79 Å². The molecule has 0 bridgehead atoms. The van der Waals surface area contributed by atoms with Crippen LogP contribution in [0, 0.1) is 5.82 Å². The third kappa shape index (κ3) is 3.84. The predicted molar refractivity (Wildman–Crippen MR) is 110 cm³/mol. The number of halogens is 1. The fourth-order valence-electron chi connectivity index (χ4n) is 3.17. The number of oxime groups is 1. The van der Waals surface area contributed by atoms with Crippen molar-refractivity contribution in [1.29, 1.82) is 0 Å². The van der Waals surface area contributed by atoms with Gasteiger partial charge in [-0.2, -0.15) is 0 Å². The topological polar surface area (TPSA) is 100 Å². The van der Waals surface area contributed by atoms with Crippen LogP contribution in [0.4, 0.5) is 15.8 Å². The molecule has 144 valence electrons. The van der Waals surface area contributed by atoms with Crippen LogP contribution in [-0.4, -0.2) is 22.7 Å². The molecule has 7 heteroatoms. The second kappa shape index (κ2) is 7.55. The van der Waals surface area contributed by atoms with Crippen molar-refractivity contribution >= 4 is 28.8 Å². The number of carbonyl (C=O) groups is 1. The fourth-order valence-corrected chi connectivity index (χ4v) is 3.17. The zero-order valence-corrected chi connectivity index (χ0v) is 15.3. The summed E-state index contributed by atoms with van der Waals surface area (Å²) in [6.07, 6.45) is 0.0835. The van der Waals surface area contributed by atoms with Gasteiger partial charge in [0.1, 0.15) is 5.82 Å². The molecule has 0 aromatic heterocycles. The van der Waals surface area contributed by atoms with Crippen molar-refractivity contribution in [3.63, 3.8) is 0 Å². The van der Waals surface area contributed by atoms with Crippen molar-refractivity contribution in [1.82, 2.24) is 0 Å². The predicted octanol–water partition coefficient (Wildman–Crippen LogP) is 4.05. The number of rotatable bonds is 3. The van der Waals surface area contributed by atoms with Crippen molar-refractivity contribution in [2.24, 2.45) is 15.9 Å². The Morgan fingerprint density at radius 3 is 2.55 bits per heavy atom. The van der Waals surface area contributed by atoms with Gasteiger partial charge in [-0.25, -0.2) is 4.39 Å². The van der Waals surface area contributed by atoms with Gasteiger partial charge in [0.15, 0.2) is 5.84 Å². The molecule has 1 aliphatic rings. The summed E-state index contributed by atoms with van der Waals surface area (Å²) in [5.74, 6) is -0.525. The lowest BCUT2D eigenvalue weighted by Gasteiger charge is -2.08. The molecule has 0 unspecified atom stereocenters. The SMILES string of the molecule is N/C(=N\O)c1cccc(C2=Nc3ccc(-c4ccc(F)cc4)cc3NC(=O)C2)c1. The Balaban J connectivity index is 1.75. The molecule has 1 amide bonds. The number of fused-ring (bicyclic) bond motifs is 1. The van der Waals surface area contributed by atoms with Crippen LogP contribution in [0.15, 0.2) is 76.9 Å². The average molecular weight is 388 g/mol. The lowest BCUT2D eigenvalue weighted by molar-refractivity contribution is -0.115. The molecule has 3 aromatic carbocycles. The van der Waals surface area contributed by atoms with Gasteiger partial charge in [0, 0.05) is 5.56 Å².